The number of methoxy groups -OCH3 is 1. The monoisotopic (exact) mass is 515 g/mol. The Kier molecular flexibility index (Phi) is 8.36. The first-order valence-electron chi connectivity index (χ1n) is 11.3. The number of amides is 1. The van der Waals surface area contributed by atoms with Gasteiger partial charge in [-0.05, 0) is 42.0 Å². The van der Waals surface area contributed by atoms with E-state index in [-0.39, 0.29) is 12.0 Å². The Balaban J connectivity index is 1.77. The third kappa shape index (κ3) is 6.96. The van der Waals surface area contributed by atoms with E-state index in [1.807, 2.05) is 38.0 Å². The SMILES string of the molecule is COC(=O)Cc1c(N(C)C)nc(Cc2ccc(NC(=O)c3ccc(C(F)(F)F)cc3)cc2)nc1N(C)C. The molecular weight excluding hydrogens is 487 g/mol. The first kappa shape index (κ1) is 27.4. The summed E-state index contributed by atoms with van der Waals surface area (Å²) in [6.07, 6.45) is -4.03. The molecule has 0 spiro atoms. The van der Waals surface area contributed by atoms with Gasteiger partial charge in [0, 0.05) is 51.4 Å². The van der Waals surface area contributed by atoms with Crippen molar-refractivity contribution in [1.82, 2.24) is 9.97 Å². The molecule has 11 heteroatoms. The molecule has 196 valence electrons. The van der Waals surface area contributed by atoms with Crippen LogP contribution < -0.4 is 15.1 Å². The molecule has 0 saturated carbocycles. The highest BCUT2D eigenvalue weighted by molar-refractivity contribution is 6.04. The topological polar surface area (TPSA) is 87.7 Å². The third-order valence-electron chi connectivity index (χ3n) is 5.45. The van der Waals surface area contributed by atoms with Crippen molar-refractivity contribution in [2.45, 2.75) is 19.0 Å². The van der Waals surface area contributed by atoms with Crippen LogP contribution in [0, 0.1) is 0 Å². The Morgan fingerprint density at radius 1 is 0.892 bits per heavy atom. The molecule has 2 aromatic carbocycles. The fourth-order valence-corrected chi connectivity index (χ4v) is 3.60. The molecule has 0 radical (unpaired) electrons. The van der Waals surface area contributed by atoms with Gasteiger partial charge in [-0.3, -0.25) is 9.59 Å². The minimum atomic E-state index is -4.46. The average molecular weight is 516 g/mol. The number of hydrogen-bond donors (Lipinski definition) is 1. The van der Waals surface area contributed by atoms with Gasteiger partial charge >= 0.3 is 12.1 Å². The third-order valence-corrected chi connectivity index (χ3v) is 5.45. The summed E-state index contributed by atoms with van der Waals surface area (Å²) in [5, 5.41) is 2.68. The number of benzene rings is 2. The van der Waals surface area contributed by atoms with Crippen molar-refractivity contribution in [1.29, 1.82) is 0 Å². The van der Waals surface area contributed by atoms with Crippen LogP contribution in [0.1, 0.15) is 32.9 Å². The van der Waals surface area contributed by atoms with Gasteiger partial charge in [0.2, 0.25) is 0 Å². The van der Waals surface area contributed by atoms with Crippen LogP contribution in [-0.4, -0.2) is 57.1 Å². The molecule has 3 rings (SSSR count). The zero-order valence-electron chi connectivity index (χ0n) is 21.2. The summed E-state index contributed by atoms with van der Waals surface area (Å²) in [5.74, 6) is 0.857. The van der Waals surface area contributed by atoms with Crippen LogP contribution in [0.4, 0.5) is 30.5 Å². The molecule has 0 aliphatic carbocycles. The van der Waals surface area contributed by atoms with E-state index in [1.165, 1.54) is 7.11 Å². The molecule has 0 bridgehead atoms. The Morgan fingerprint density at radius 2 is 1.43 bits per heavy atom. The van der Waals surface area contributed by atoms with E-state index in [0.29, 0.717) is 35.1 Å². The molecule has 0 fully saturated rings. The van der Waals surface area contributed by atoms with E-state index < -0.39 is 23.6 Å². The fraction of sp³-hybridized carbons (Fsp3) is 0.308. The molecular formula is C26H28F3N5O3. The number of carbonyl (C=O) groups excluding carboxylic acids is 2. The lowest BCUT2D eigenvalue weighted by molar-refractivity contribution is -0.140. The van der Waals surface area contributed by atoms with Gasteiger partial charge < -0.3 is 19.9 Å². The van der Waals surface area contributed by atoms with E-state index in [2.05, 4.69) is 15.3 Å². The van der Waals surface area contributed by atoms with Crippen LogP contribution >= 0.6 is 0 Å². The summed E-state index contributed by atoms with van der Waals surface area (Å²) in [7, 11) is 8.67. The molecule has 0 aliphatic rings. The maximum absolute atomic E-state index is 12.7. The van der Waals surface area contributed by atoms with E-state index in [4.69, 9.17) is 4.74 Å². The Bertz CT molecular complexity index is 1230. The van der Waals surface area contributed by atoms with Crippen LogP contribution in [0.5, 0.6) is 0 Å². The summed E-state index contributed by atoms with van der Waals surface area (Å²) in [4.78, 5) is 37.4. The largest absolute Gasteiger partial charge is 0.469 e. The average Bonchev–Trinajstić information content (AvgIpc) is 2.85. The van der Waals surface area contributed by atoms with E-state index >= 15 is 0 Å². The van der Waals surface area contributed by atoms with Gasteiger partial charge in [0.05, 0.1) is 19.1 Å². The molecule has 0 aliphatic heterocycles. The fourth-order valence-electron chi connectivity index (χ4n) is 3.60. The van der Waals surface area contributed by atoms with Crippen LogP contribution in [0.3, 0.4) is 0 Å². The Morgan fingerprint density at radius 3 is 1.89 bits per heavy atom. The van der Waals surface area contributed by atoms with Crippen LogP contribution in [0.15, 0.2) is 48.5 Å². The molecule has 37 heavy (non-hydrogen) atoms. The van der Waals surface area contributed by atoms with Gasteiger partial charge in [-0.25, -0.2) is 9.97 Å². The lowest BCUT2D eigenvalue weighted by atomic mass is 10.1. The van der Waals surface area contributed by atoms with E-state index in [1.54, 1.807) is 24.3 Å². The summed E-state index contributed by atoms with van der Waals surface area (Å²) in [5.41, 5.74) is 1.33. The maximum Gasteiger partial charge on any atom is 0.416 e. The Labute approximate surface area is 213 Å². The van der Waals surface area contributed by atoms with Crippen LogP contribution in [0.25, 0.3) is 0 Å². The minimum Gasteiger partial charge on any atom is -0.469 e. The van der Waals surface area contributed by atoms with Crippen LogP contribution in [-0.2, 0) is 28.5 Å². The first-order chi connectivity index (χ1) is 17.4. The molecule has 3 aromatic rings. The number of ether oxygens (including phenoxy) is 1. The quantitative estimate of drug-likeness (QED) is 0.450. The smallest absolute Gasteiger partial charge is 0.416 e. The summed E-state index contributed by atoms with van der Waals surface area (Å²) < 4.78 is 43.0. The van der Waals surface area contributed by atoms with Crippen molar-refractivity contribution in [3.63, 3.8) is 0 Å². The normalized spacial score (nSPS) is 11.1. The molecule has 0 atom stereocenters. The van der Waals surface area contributed by atoms with Gasteiger partial charge in [0.1, 0.15) is 17.5 Å². The number of esters is 1. The second-order valence-electron chi connectivity index (χ2n) is 8.71. The van der Waals surface area contributed by atoms with Crippen molar-refractivity contribution in [3.05, 3.63) is 76.6 Å². The number of rotatable bonds is 8. The first-order valence-corrected chi connectivity index (χ1v) is 11.3. The van der Waals surface area contributed by atoms with Crippen molar-refractivity contribution in [2.24, 2.45) is 0 Å². The molecule has 0 unspecified atom stereocenters. The number of nitrogens with zero attached hydrogens (tertiary/aromatic N) is 4. The summed E-state index contributed by atoms with van der Waals surface area (Å²) in [6, 6.07) is 11.0. The van der Waals surface area contributed by atoms with Gasteiger partial charge in [-0.2, -0.15) is 13.2 Å². The maximum atomic E-state index is 12.7. The van der Waals surface area contributed by atoms with Gasteiger partial charge in [-0.15, -0.1) is 0 Å². The van der Waals surface area contributed by atoms with Crippen molar-refractivity contribution < 1.29 is 27.5 Å². The number of carbonyl (C=O) groups is 2. The van der Waals surface area contributed by atoms with Crippen LogP contribution in [0.2, 0.25) is 0 Å². The second kappa shape index (κ2) is 11.3. The van der Waals surface area contributed by atoms with Crippen molar-refractivity contribution in [2.75, 3.05) is 50.4 Å². The van der Waals surface area contributed by atoms with Crippen molar-refractivity contribution in [3.8, 4) is 0 Å². The lowest BCUT2D eigenvalue weighted by Crippen LogP contribution is -2.23. The highest BCUT2D eigenvalue weighted by Crippen LogP contribution is 2.29. The summed E-state index contributed by atoms with van der Waals surface area (Å²) >= 11 is 0. The molecule has 1 amide bonds. The summed E-state index contributed by atoms with van der Waals surface area (Å²) in [6.45, 7) is 0. The number of anilines is 3. The predicted molar refractivity (Wildman–Crippen MR) is 135 cm³/mol. The highest BCUT2D eigenvalue weighted by Gasteiger charge is 2.30. The van der Waals surface area contributed by atoms with E-state index in [9.17, 15) is 22.8 Å². The molecule has 1 N–H and O–H groups in total. The second-order valence-corrected chi connectivity index (χ2v) is 8.71. The number of aromatic nitrogens is 2. The van der Waals surface area contributed by atoms with Gasteiger partial charge in [0.25, 0.3) is 5.91 Å². The molecule has 1 aromatic heterocycles. The number of halogens is 3. The standard InChI is InChI=1S/C26H28F3N5O3/c1-33(2)23-20(15-22(35)37-5)24(34(3)4)32-21(31-23)14-16-6-12-19(13-7-16)30-25(36)17-8-10-18(11-9-17)26(27,28)29/h6-13H,14-15H2,1-5H3,(H,30,36). The minimum absolute atomic E-state index is 0.0329. The molecule has 1 heterocycles. The highest BCUT2D eigenvalue weighted by atomic mass is 19.4. The van der Waals surface area contributed by atoms with Gasteiger partial charge in [-0.1, -0.05) is 12.1 Å². The molecule has 0 saturated heterocycles. The lowest BCUT2D eigenvalue weighted by Gasteiger charge is -2.23. The zero-order valence-corrected chi connectivity index (χ0v) is 21.2. The number of nitrogens with one attached hydrogen (secondary N) is 1. The number of hydrogen-bond acceptors (Lipinski definition) is 7. The predicted octanol–water partition coefficient (Wildman–Crippen LogP) is 4.19. The van der Waals surface area contributed by atoms with Gasteiger partial charge in [0.15, 0.2) is 0 Å². The molecule has 8 nitrogen and oxygen atoms in total. The van der Waals surface area contributed by atoms with Crippen molar-refractivity contribution >= 4 is 29.2 Å². The Hall–Kier alpha value is -4.15. The zero-order chi connectivity index (χ0) is 27.3. The number of alkyl halides is 3. The van der Waals surface area contributed by atoms with E-state index in [0.717, 1.165) is 29.8 Å².